The number of nitrogens with zero attached hydrogens (tertiary/aromatic N) is 1. The smallest absolute Gasteiger partial charge is 0.307 e. The Bertz CT molecular complexity index is 745. The van der Waals surface area contributed by atoms with Gasteiger partial charge in [0, 0.05) is 17.6 Å². The van der Waals surface area contributed by atoms with Crippen LogP contribution in [0.15, 0.2) is 42.5 Å². The maximum atomic E-state index is 12.5. The van der Waals surface area contributed by atoms with E-state index in [1.54, 1.807) is 0 Å². The molecule has 0 aromatic heterocycles. The summed E-state index contributed by atoms with van der Waals surface area (Å²) < 4.78 is 0. The molecular weight excluding hydrogens is 328 g/mol. The lowest BCUT2D eigenvalue weighted by molar-refractivity contribution is -0.141. The average Bonchev–Trinajstić information content (AvgIpc) is 3.04. The van der Waals surface area contributed by atoms with Crippen molar-refractivity contribution in [2.75, 3.05) is 18.4 Å². The molecule has 1 aliphatic heterocycles. The minimum absolute atomic E-state index is 0. The van der Waals surface area contributed by atoms with Crippen LogP contribution in [0.4, 0.5) is 5.69 Å². The number of hydrogen-bond acceptors (Lipinski definition) is 3. The maximum absolute atomic E-state index is 12.5. The predicted octanol–water partition coefficient (Wildman–Crippen LogP) is 3.00. The van der Waals surface area contributed by atoms with Crippen LogP contribution >= 0.6 is 12.4 Å². The lowest BCUT2D eigenvalue weighted by Gasteiger charge is -2.23. The molecule has 0 saturated carbocycles. The molecule has 1 heterocycles. The van der Waals surface area contributed by atoms with Gasteiger partial charge in [-0.3, -0.25) is 14.5 Å². The lowest BCUT2D eigenvalue weighted by Crippen LogP contribution is -2.41. The molecule has 1 aliphatic rings. The minimum atomic E-state index is -0.783. The number of halogens is 1. The van der Waals surface area contributed by atoms with Crippen LogP contribution < -0.4 is 5.32 Å². The number of rotatable bonds is 4. The summed E-state index contributed by atoms with van der Waals surface area (Å²) in [5, 5.41) is 14.1. The zero-order chi connectivity index (χ0) is 16.4. The van der Waals surface area contributed by atoms with Crippen LogP contribution in [0.1, 0.15) is 13.3 Å². The molecule has 1 fully saturated rings. The van der Waals surface area contributed by atoms with Crippen molar-refractivity contribution < 1.29 is 14.7 Å². The van der Waals surface area contributed by atoms with Crippen LogP contribution in [-0.2, 0) is 9.59 Å². The van der Waals surface area contributed by atoms with Crippen LogP contribution in [0.25, 0.3) is 10.8 Å². The second-order valence-electron chi connectivity index (χ2n) is 6.01. The highest BCUT2D eigenvalue weighted by Gasteiger charge is 2.33. The standard InChI is InChI=1S/C18H20N2O3.ClH/c1-12(20-10-9-14(11-20)18(22)23)17(21)19-16-8-4-6-13-5-2-3-7-15(13)16;/h2-8,12,14H,9-11H2,1H3,(H,19,21)(H,22,23);1H. The van der Waals surface area contributed by atoms with E-state index in [1.807, 2.05) is 54.3 Å². The van der Waals surface area contributed by atoms with Gasteiger partial charge < -0.3 is 10.4 Å². The van der Waals surface area contributed by atoms with Gasteiger partial charge >= 0.3 is 5.97 Å². The molecule has 0 bridgehead atoms. The fraction of sp³-hybridized carbons (Fsp3) is 0.333. The quantitative estimate of drug-likeness (QED) is 0.891. The zero-order valence-corrected chi connectivity index (χ0v) is 14.3. The first-order chi connectivity index (χ1) is 11.1. The zero-order valence-electron chi connectivity index (χ0n) is 13.4. The first-order valence-corrected chi connectivity index (χ1v) is 7.82. The Morgan fingerprint density at radius 2 is 1.92 bits per heavy atom. The van der Waals surface area contributed by atoms with Gasteiger partial charge in [0.15, 0.2) is 0 Å². The van der Waals surface area contributed by atoms with Crippen molar-refractivity contribution in [3.8, 4) is 0 Å². The Balaban J connectivity index is 0.00000208. The summed E-state index contributed by atoms with van der Waals surface area (Å²) in [6.45, 7) is 2.89. The van der Waals surface area contributed by atoms with E-state index >= 15 is 0 Å². The lowest BCUT2D eigenvalue weighted by atomic mass is 10.1. The summed E-state index contributed by atoms with van der Waals surface area (Å²) in [6, 6.07) is 13.4. The highest BCUT2D eigenvalue weighted by atomic mass is 35.5. The topological polar surface area (TPSA) is 69.6 Å². The molecule has 5 nitrogen and oxygen atoms in total. The van der Waals surface area contributed by atoms with Gasteiger partial charge in [-0.1, -0.05) is 36.4 Å². The molecule has 2 aromatic rings. The van der Waals surface area contributed by atoms with Crippen LogP contribution in [0.5, 0.6) is 0 Å². The van der Waals surface area contributed by atoms with Crippen molar-refractivity contribution >= 4 is 40.7 Å². The van der Waals surface area contributed by atoms with Crippen molar-refractivity contribution in [1.29, 1.82) is 0 Å². The highest BCUT2D eigenvalue weighted by Crippen LogP contribution is 2.24. The van der Waals surface area contributed by atoms with E-state index < -0.39 is 5.97 Å². The molecule has 0 radical (unpaired) electrons. The summed E-state index contributed by atoms with van der Waals surface area (Å²) in [7, 11) is 0. The Kier molecular flexibility index (Phi) is 5.80. The Hall–Kier alpha value is -2.11. The molecule has 6 heteroatoms. The van der Waals surface area contributed by atoms with Crippen molar-refractivity contribution in [2.45, 2.75) is 19.4 Å². The van der Waals surface area contributed by atoms with Crippen molar-refractivity contribution in [3.05, 3.63) is 42.5 Å². The minimum Gasteiger partial charge on any atom is -0.481 e. The van der Waals surface area contributed by atoms with Gasteiger partial charge in [0.2, 0.25) is 5.91 Å². The van der Waals surface area contributed by atoms with Gasteiger partial charge in [-0.25, -0.2) is 0 Å². The number of fused-ring (bicyclic) bond motifs is 1. The molecule has 3 rings (SSSR count). The molecule has 1 amide bonds. The Labute approximate surface area is 147 Å². The van der Waals surface area contributed by atoms with E-state index in [0.29, 0.717) is 19.5 Å². The largest absolute Gasteiger partial charge is 0.481 e. The van der Waals surface area contributed by atoms with Gasteiger partial charge in [-0.2, -0.15) is 0 Å². The Morgan fingerprint density at radius 1 is 1.21 bits per heavy atom. The van der Waals surface area contributed by atoms with Crippen molar-refractivity contribution in [2.24, 2.45) is 5.92 Å². The number of hydrogen-bond donors (Lipinski definition) is 2. The van der Waals surface area contributed by atoms with Crippen molar-refractivity contribution in [3.63, 3.8) is 0 Å². The summed E-state index contributed by atoms with van der Waals surface area (Å²) in [6.07, 6.45) is 0.598. The van der Waals surface area contributed by atoms with Crippen molar-refractivity contribution in [1.82, 2.24) is 4.90 Å². The number of carbonyl (C=O) groups excluding carboxylic acids is 1. The molecule has 2 N–H and O–H groups in total. The number of carboxylic acids is 1. The van der Waals surface area contributed by atoms with E-state index in [1.165, 1.54) is 0 Å². The first kappa shape index (κ1) is 18.2. The average molecular weight is 349 g/mol. The fourth-order valence-corrected chi connectivity index (χ4v) is 3.08. The molecule has 2 aromatic carbocycles. The van der Waals surface area contributed by atoms with E-state index in [4.69, 9.17) is 5.11 Å². The molecule has 2 unspecified atom stereocenters. The maximum Gasteiger partial charge on any atom is 0.307 e. The fourth-order valence-electron chi connectivity index (χ4n) is 3.08. The highest BCUT2D eigenvalue weighted by molar-refractivity contribution is 6.03. The van der Waals surface area contributed by atoms with Gasteiger partial charge in [0.25, 0.3) is 0 Å². The summed E-state index contributed by atoms with van der Waals surface area (Å²) in [5.74, 6) is -1.26. The van der Waals surface area contributed by atoms with E-state index in [0.717, 1.165) is 16.5 Å². The van der Waals surface area contributed by atoms with Crippen LogP contribution in [0.3, 0.4) is 0 Å². The first-order valence-electron chi connectivity index (χ1n) is 7.82. The predicted molar refractivity (Wildman–Crippen MR) is 96.6 cm³/mol. The number of carboxylic acid groups (broad SMARTS) is 1. The molecule has 1 saturated heterocycles. The molecule has 2 atom stereocenters. The monoisotopic (exact) mass is 348 g/mol. The number of carbonyl (C=O) groups is 2. The van der Waals surface area contributed by atoms with E-state index in [-0.39, 0.29) is 30.3 Å². The molecular formula is C18H21ClN2O3. The molecule has 24 heavy (non-hydrogen) atoms. The van der Waals surface area contributed by atoms with Crippen LogP contribution in [-0.4, -0.2) is 41.0 Å². The van der Waals surface area contributed by atoms with Gasteiger partial charge in [-0.05, 0) is 31.3 Å². The van der Waals surface area contributed by atoms with Gasteiger partial charge in [0.05, 0.1) is 12.0 Å². The summed E-state index contributed by atoms with van der Waals surface area (Å²) >= 11 is 0. The van der Waals surface area contributed by atoms with Crippen LogP contribution in [0, 0.1) is 5.92 Å². The third kappa shape index (κ3) is 3.68. The second-order valence-corrected chi connectivity index (χ2v) is 6.01. The van der Waals surface area contributed by atoms with E-state index in [2.05, 4.69) is 5.32 Å². The number of benzene rings is 2. The number of likely N-dealkylation sites (tertiary alicyclic amines) is 1. The molecule has 0 spiro atoms. The normalized spacial score (nSPS) is 18.8. The third-order valence-corrected chi connectivity index (χ3v) is 4.54. The van der Waals surface area contributed by atoms with Crippen LogP contribution in [0.2, 0.25) is 0 Å². The number of aliphatic carboxylic acids is 1. The number of nitrogens with one attached hydrogen (secondary N) is 1. The van der Waals surface area contributed by atoms with E-state index in [9.17, 15) is 9.59 Å². The van der Waals surface area contributed by atoms with Gasteiger partial charge in [-0.15, -0.1) is 12.4 Å². The molecule has 0 aliphatic carbocycles. The Morgan fingerprint density at radius 3 is 2.62 bits per heavy atom. The summed E-state index contributed by atoms with van der Waals surface area (Å²) in [5.41, 5.74) is 0.786. The number of amides is 1. The van der Waals surface area contributed by atoms with Gasteiger partial charge in [0.1, 0.15) is 0 Å². The second kappa shape index (κ2) is 7.64. The third-order valence-electron chi connectivity index (χ3n) is 4.54. The number of anilines is 1. The summed E-state index contributed by atoms with van der Waals surface area (Å²) in [4.78, 5) is 25.5. The molecule has 128 valence electrons. The SMILES string of the molecule is CC(C(=O)Nc1cccc2ccccc12)N1CCC(C(=O)O)C1.Cl.